The SMILES string of the molecule is Cc1ccc(-c2n[nH]c(=S)c3ccccc23)cc1C. The molecule has 0 aliphatic rings. The number of aryl methyl sites for hydroxylation is 2. The van der Waals surface area contributed by atoms with E-state index in [0.717, 1.165) is 22.0 Å². The second kappa shape index (κ2) is 4.59. The summed E-state index contributed by atoms with van der Waals surface area (Å²) < 4.78 is 0.684. The van der Waals surface area contributed by atoms with Gasteiger partial charge in [0.25, 0.3) is 0 Å². The average molecular weight is 266 g/mol. The number of aromatic amines is 1. The highest BCUT2D eigenvalue weighted by Crippen LogP contribution is 2.27. The molecule has 0 fully saturated rings. The fraction of sp³-hybridized carbons (Fsp3) is 0.125. The summed E-state index contributed by atoms with van der Waals surface area (Å²) in [4.78, 5) is 0. The van der Waals surface area contributed by atoms with E-state index in [9.17, 15) is 0 Å². The summed E-state index contributed by atoms with van der Waals surface area (Å²) in [6.07, 6.45) is 0. The third-order valence-corrected chi connectivity index (χ3v) is 3.79. The van der Waals surface area contributed by atoms with E-state index in [1.807, 2.05) is 18.2 Å². The summed E-state index contributed by atoms with van der Waals surface area (Å²) in [5, 5.41) is 9.49. The number of nitrogens with zero attached hydrogens (tertiary/aromatic N) is 1. The zero-order valence-corrected chi connectivity index (χ0v) is 11.7. The van der Waals surface area contributed by atoms with Gasteiger partial charge in [-0.15, -0.1) is 0 Å². The lowest BCUT2D eigenvalue weighted by Crippen LogP contribution is -1.92. The molecule has 0 saturated heterocycles. The summed E-state index contributed by atoms with van der Waals surface area (Å²) >= 11 is 5.29. The smallest absolute Gasteiger partial charge is 0.127 e. The van der Waals surface area contributed by atoms with Crippen LogP contribution in [0.25, 0.3) is 22.0 Å². The molecular formula is C16H14N2S. The van der Waals surface area contributed by atoms with Crippen molar-refractivity contribution in [1.29, 1.82) is 0 Å². The molecule has 0 radical (unpaired) electrons. The Kier molecular flexibility index (Phi) is 2.91. The van der Waals surface area contributed by atoms with Gasteiger partial charge in [-0.2, -0.15) is 5.10 Å². The van der Waals surface area contributed by atoms with Gasteiger partial charge in [0.15, 0.2) is 0 Å². The Bertz CT molecular complexity index is 818. The zero-order valence-electron chi connectivity index (χ0n) is 10.9. The molecular weight excluding hydrogens is 252 g/mol. The first-order chi connectivity index (χ1) is 9.16. The Balaban J connectivity index is 2.34. The van der Waals surface area contributed by atoms with Crippen LogP contribution in [0.5, 0.6) is 0 Å². The minimum absolute atomic E-state index is 0.684. The molecule has 2 aromatic carbocycles. The minimum atomic E-state index is 0.684. The van der Waals surface area contributed by atoms with Gasteiger partial charge in [-0.05, 0) is 31.0 Å². The molecule has 3 heteroatoms. The fourth-order valence-electron chi connectivity index (χ4n) is 2.22. The van der Waals surface area contributed by atoms with Gasteiger partial charge in [0.2, 0.25) is 0 Å². The van der Waals surface area contributed by atoms with Crippen molar-refractivity contribution in [2.24, 2.45) is 0 Å². The van der Waals surface area contributed by atoms with Crippen molar-refractivity contribution in [3.8, 4) is 11.3 Å². The van der Waals surface area contributed by atoms with E-state index in [1.54, 1.807) is 0 Å². The van der Waals surface area contributed by atoms with Crippen molar-refractivity contribution in [3.63, 3.8) is 0 Å². The van der Waals surface area contributed by atoms with Crippen molar-refractivity contribution in [3.05, 3.63) is 58.2 Å². The van der Waals surface area contributed by atoms with Gasteiger partial charge in [0.1, 0.15) is 4.64 Å². The molecule has 2 nitrogen and oxygen atoms in total. The molecule has 0 spiro atoms. The predicted octanol–water partition coefficient (Wildman–Crippen LogP) is 4.58. The van der Waals surface area contributed by atoms with Crippen LogP contribution < -0.4 is 0 Å². The second-order valence-corrected chi connectivity index (χ2v) is 5.15. The van der Waals surface area contributed by atoms with Gasteiger partial charge < -0.3 is 0 Å². The average Bonchev–Trinajstić information content (AvgIpc) is 2.43. The Morgan fingerprint density at radius 2 is 1.68 bits per heavy atom. The number of benzene rings is 2. The molecule has 0 bridgehead atoms. The van der Waals surface area contributed by atoms with E-state index in [1.165, 1.54) is 11.1 Å². The molecule has 0 atom stereocenters. The first-order valence-electron chi connectivity index (χ1n) is 6.22. The van der Waals surface area contributed by atoms with Crippen molar-refractivity contribution < 1.29 is 0 Å². The molecule has 0 aliphatic heterocycles. The first-order valence-corrected chi connectivity index (χ1v) is 6.62. The molecule has 0 unspecified atom stereocenters. The number of fused-ring (bicyclic) bond motifs is 1. The maximum Gasteiger partial charge on any atom is 0.127 e. The molecule has 1 aromatic heterocycles. The highest BCUT2D eigenvalue weighted by atomic mass is 32.1. The first kappa shape index (κ1) is 12.1. The van der Waals surface area contributed by atoms with Crippen LogP contribution in [-0.2, 0) is 0 Å². The van der Waals surface area contributed by atoms with Crippen LogP contribution in [0.3, 0.4) is 0 Å². The molecule has 1 N–H and O–H groups in total. The van der Waals surface area contributed by atoms with Gasteiger partial charge >= 0.3 is 0 Å². The van der Waals surface area contributed by atoms with Gasteiger partial charge in [0.05, 0.1) is 5.69 Å². The molecule has 0 amide bonds. The molecule has 3 aromatic rings. The lowest BCUT2D eigenvalue weighted by Gasteiger charge is -2.08. The molecule has 0 saturated carbocycles. The summed E-state index contributed by atoms with van der Waals surface area (Å²) in [5.74, 6) is 0. The zero-order chi connectivity index (χ0) is 13.4. The summed E-state index contributed by atoms with van der Waals surface area (Å²) in [6, 6.07) is 14.5. The fourth-order valence-corrected chi connectivity index (χ4v) is 2.45. The van der Waals surface area contributed by atoms with E-state index in [-0.39, 0.29) is 0 Å². The van der Waals surface area contributed by atoms with Crippen LogP contribution in [0.4, 0.5) is 0 Å². The van der Waals surface area contributed by atoms with Crippen LogP contribution in [0.1, 0.15) is 11.1 Å². The van der Waals surface area contributed by atoms with Gasteiger partial charge in [-0.1, -0.05) is 48.6 Å². The van der Waals surface area contributed by atoms with E-state index in [0.29, 0.717) is 4.64 Å². The molecule has 19 heavy (non-hydrogen) atoms. The number of hydrogen-bond donors (Lipinski definition) is 1. The van der Waals surface area contributed by atoms with Crippen LogP contribution in [-0.4, -0.2) is 10.2 Å². The number of rotatable bonds is 1. The second-order valence-electron chi connectivity index (χ2n) is 4.75. The highest BCUT2D eigenvalue weighted by molar-refractivity contribution is 7.71. The molecule has 3 rings (SSSR count). The van der Waals surface area contributed by atoms with Gasteiger partial charge in [0, 0.05) is 16.3 Å². The van der Waals surface area contributed by atoms with Crippen LogP contribution in [0, 0.1) is 18.5 Å². The molecule has 0 aliphatic carbocycles. The van der Waals surface area contributed by atoms with Crippen LogP contribution in [0.15, 0.2) is 42.5 Å². The number of nitrogens with one attached hydrogen (secondary N) is 1. The number of H-pyrrole nitrogens is 1. The monoisotopic (exact) mass is 266 g/mol. The van der Waals surface area contributed by atoms with Crippen molar-refractivity contribution in [1.82, 2.24) is 10.2 Å². The Morgan fingerprint density at radius 3 is 2.42 bits per heavy atom. The standard InChI is InChI=1S/C16H14N2S/c1-10-7-8-12(9-11(10)2)15-13-5-3-4-6-14(13)16(19)18-17-15/h3-9H,1-2H3,(H,18,19). The van der Waals surface area contributed by atoms with E-state index in [2.05, 4.69) is 48.3 Å². The van der Waals surface area contributed by atoms with Gasteiger partial charge in [-0.25, -0.2) is 0 Å². The quantitative estimate of drug-likeness (QED) is 0.653. The molecule has 1 heterocycles. The molecule has 94 valence electrons. The van der Waals surface area contributed by atoms with E-state index >= 15 is 0 Å². The van der Waals surface area contributed by atoms with Crippen LogP contribution >= 0.6 is 12.2 Å². The summed E-state index contributed by atoms with van der Waals surface area (Å²) in [6.45, 7) is 4.23. The van der Waals surface area contributed by atoms with Gasteiger partial charge in [-0.3, -0.25) is 5.10 Å². The number of aromatic nitrogens is 2. The van der Waals surface area contributed by atoms with Crippen molar-refractivity contribution in [2.75, 3.05) is 0 Å². The Hall–Kier alpha value is -2.00. The summed E-state index contributed by atoms with van der Waals surface area (Å²) in [5.41, 5.74) is 4.63. The maximum atomic E-state index is 5.29. The number of hydrogen-bond acceptors (Lipinski definition) is 2. The van der Waals surface area contributed by atoms with E-state index in [4.69, 9.17) is 12.2 Å². The normalized spacial score (nSPS) is 10.8. The largest absolute Gasteiger partial charge is 0.267 e. The van der Waals surface area contributed by atoms with Crippen molar-refractivity contribution >= 4 is 23.0 Å². The maximum absolute atomic E-state index is 5.29. The third-order valence-electron chi connectivity index (χ3n) is 3.48. The lowest BCUT2D eigenvalue weighted by atomic mass is 10.0. The Labute approximate surface area is 117 Å². The van der Waals surface area contributed by atoms with Crippen molar-refractivity contribution in [2.45, 2.75) is 13.8 Å². The predicted molar refractivity (Wildman–Crippen MR) is 81.8 cm³/mol. The third kappa shape index (κ3) is 2.06. The lowest BCUT2D eigenvalue weighted by molar-refractivity contribution is 1.04. The topological polar surface area (TPSA) is 28.7 Å². The summed E-state index contributed by atoms with van der Waals surface area (Å²) in [7, 11) is 0. The van der Waals surface area contributed by atoms with Crippen LogP contribution in [0.2, 0.25) is 0 Å². The highest BCUT2D eigenvalue weighted by Gasteiger charge is 2.07. The van der Waals surface area contributed by atoms with E-state index < -0.39 is 0 Å². The Morgan fingerprint density at radius 1 is 0.947 bits per heavy atom. The minimum Gasteiger partial charge on any atom is -0.267 e.